The molecule has 2 aliphatic rings. The molecule has 4 aromatic rings. The Balaban J connectivity index is 1.20. The van der Waals surface area contributed by atoms with Crippen LogP contribution in [0.4, 0.5) is 36.2 Å². The van der Waals surface area contributed by atoms with Crippen molar-refractivity contribution < 1.29 is 18.0 Å². The molecule has 0 atom stereocenters. The number of nitriles is 2. The second kappa shape index (κ2) is 11.2. The van der Waals surface area contributed by atoms with Gasteiger partial charge in [0, 0.05) is 54.3 Å². The van der Waals surface area contributed by atoms with E-state index in [2.05, 4.69) is 44.7 Å². The number of fused-ring (bicyclic) bond motifs is 2. The average Bonchev–Trinajstić information content (AvgIpc) is 3.26. The smallest absolute Gasteiger partial charge is 0.373 e. The SMILES string of the molecule is N#CB1CCN(c2ccc3c(c2)CCn2nc(-c4ccc(C(=O)Nc5cc(C(F)(F)F)ccn5)cc4)c(C#N)c2N3)CC1. The maximum atomic E-state index is 13.0. The summed E-state index contributed by atoms with van der Waals surface area (Å²) in [4.78, 5) is 18.8. The Morgan fingerprint density at radius 2 is 1.79 bits per heavy atom. The number of rotatable bonds is 4. The summed E-state index contributed by atoms with van der Waals surface area (Å²) in [6.07, 6.45) is -1.16. The van der Waals surface area contributed by atoms with Crippen molar-refractivity contribution in [2.24, 2.45) is 0 Å². The summed E-state index contributed by atoms with van der Waals surface area (Å²) < 4.78 is 40.8. The highest BCUT2D eigenvalue weighted by molar-refractivity contribution is 6.67. The van der Waals surface area contributed by atoms with E-state index in [1.54, 1.807) is 16.8 Å². The third-order valence-corrected chi connectivity index (χ3v) is 7.79. The molecule has 2 N–H and O–H groups in total. The van der Waals surface area contributed by atoms with Crippen molar-refractivity contribution in [1.29, 1.82) is 10.5 Å². The van der Waals surface area contributed by atoms with E-state index in [4.69, 9.17) is 5.10 Å². The molecule has 6 rings (SSSR count). The lowest BCUT2D eigenvalue weighted by Crippen LogP contribution is -2.36. The Labute approximate surface area is 245 Å². The van der Waals surface area contributed by atoms with Gasteiger partial charge >= 0.3 is 6.18 Å². The van der Waals surface area contributed by atoms with E-state index >= 15 is 0 Å². The molecule has 4 heterocycles. The Morgan fingerprint density at radius 3 is 2.49 bits per heavy atom. The van der Waals surface area contributed by atoms with Crippen LogP contribution in [0.15, 0.2) is 60.8 Å². The van der Waals surface area contributed by atoms with Crippen LogP contribution in [0.3, 0.4) is 0 Å². The summed E-state index contributed by atoms with van der Waals surface area (Å²) in [5.41, 5.74) is 3.86. The van der Waals surface area contributed by atoms with Crippen molar-refractivity contribution >= 4 is 35.6 Å². The molecule has 0 saturated carbocycles. The first-order valence-corrected chi connectivity index (χ1v) is 13.7. The third-order valence-electron chi connectivity index (χ3n) is 7.79. The summed E-state index contributed by atoms with van der Waals surface area (Å²) in [7, 11) is 0. The van der Waals surface area contributed by atoms with Gasteiger partial charge in [0.25, 0.3) is 12.6 Å². The molecule has 2 aromatic carbocycles. The molecule has 0 bridgehead atoms. The number of hydrogen-bond donors (Lipinski definition) is 2. The molecule has 214 valence electrons. The topological polar surface area (TPSA) is 123 Å². The summed E-state index contributed by atoms with van der Waals surface area (Å²) in [6, 6.07) is 16.4. The van der Waals surface area contributed by atoms with Crippen molar-refractivity contribution in [3.05, 3.63) is 83.0 Å². The Morgan fingerprint density at radius 1 is 1.02 bits per heavy atom. The standard InChI is InChI=1S/C30H24BF3N8O/c32-30(33,34)22-7-11-37-26(16-22)39-29(43)20-3-1-19(2-4-20)27-24(17-35)28-38-25-6-5-23(15-21(25)8-12-42(28)40-27)41-13-9-31(18-36)10-14-41/h1-7,11,15-16,38H,8-10,12-14H2,(H,37,39,43). The van der Waals surface area contributed by atoms with Crippen LogP contribution in [0.2, 0.25) is 12.6 Å². The number of carbonyl (C=O) groups excluding carboxylic acids is 1. The fraction of sp³-hybridized carbons (Fsp3) is 0.233. The second-order valence-corrected chi connectivity index (χ2v) is 10.5. The summed E-state index contributed by atoms with van der Waals surface area (Å²) in [5.74, 6) is 2.11. The summed E-state index contributed by atoms with van der Waals surface area (Å²) in [6.45, 7) is 2.35. The van der Waals surface area contributed by atoms with Crippen LogP contribution in [-0.4, -0.2) is 40.5 Å². The van der Waals surface area contributed by atoms with E-state index in [0.717, 1.165) is 61.0 Å². The number of aryl methyl sites for hydroxylation is 2. The minimum Gasteiger partial charge on any atom is -0.373 e. The minimum absolute atomic E-state index is 0.115. The number of nitrogens with one attached hydrogen (secondary N) is 2. The molecular formula is C30H24BF3N8O. The molecule has 0 aliphatic carbocycles. The molecular weight excluding hydrogens is 556 g/mol. The van der Waals surface area contributed by atoms with Crippen molar-refractivity contribution in [1.82, 2.24) is 14.8 Å². The van der Waals surface area contributed by atoms with Crippen LogP contribution in [0, 0.1) is 22.6 Å². The molecule has 1 saturated heterocycles. The second-order valence-electron chi connectivity index (χ2n) is 10.5. The molecule has 2 aliphatic heterocycles. The summed E-state index contributed by atoms with van der Waals surface area (Å²) >= 11 is 0. The molecule has 0 unspecified atom stereocenters. The molecule has 2 aromatic heterocycles. The zero-order valence-corrected chi connectivity index (χ0v) is 22.8. The maximum absolute atomic E-state index is 13.0. The van der Waals surface area contributed by atoms with Gasteiger partial charge in [-0.1, -0.05) is 12.1 Å². The van der Waals surface area contributed by atoms with Crippen LogP contribution >= 0.6 is 0 Å². The van der Waals surface area contributed by atoms with Crippen LogP contribution in [0.1, 0.15) is 27.0 Å². The van der Waals surface area contributed by atoms with Crippen LogP contribution in [-0.2, 0) is 19.1 Å². The monoisotopic (exact) mass is 580 g/mol. The number of nitrogens with zero attached hydrogens (tertiary/aromatic N) is 6. The Bertz CT molecular complexity index is 1780. The van der Waals surface area contributed by atoms with Crippen LogP contribution in [0.5, 0.6) is 0 Å². The van der Waals surface area contributed by atoms with E-state index < -0.39 is 17.6 Å². The van der Waals surface area contributed by atoms with Gasteiger partial charge in [0.15, 0.2) is 0 Å². The van der Waals surface area contributed by atoms with E-state index in [-0.39, 0.29) is 18.1 Å². The lowest BCUT2D eigenvalue weighted by molar-refractivity contribution is -0.137. The van der Waals surface area contributed by atoms with Gasteiger partial charge in [-0.3, -0.25) is 4.79 Å². The quantitative estimate of drug-likeness (QED) is 0.294. The first-order chi connectivity index (χ1) is 20.7. The number of aromatic nitrogens is 3. The fourth-order valence-electron chi connectivity index (χ4n) is 5.43. The zero-order chi connectivity index (χ0) is 30.1. The van der Waals surface area contributed by atoms with Crippen molar-refractivity contribution in [2.45, 2.75) is 31.8 Å². The fourth-order valence-corrected chi connectivity index (χ4v) is 5.43. The normalized spacial score (nSPS) is 14.4. The predicted molar refractivity (Wildman–Crippen MR) is 156 cm³/mol. The zero-order valence-electron chi connectivity index (χ0n) is 22.8. The molecule has 9 nitrogen and oxygen atoms in total. The number of pyridine rings is 1. The molecule has 1 amide bonds. The maximum Gasteiger partial charge on any atom is 0.416 e. The van der Waals surface area contributed by atoms with Gasteiger partial charge in [-0.05, 0) is 67.1 Å². The average molecular weight is 580 g/mol. The number of alkyl halides is 3. The lowest BCUT2D eigenvalue weighted by Gasteiger charge is -2.30. The van der Waals surface area contributed by atoms with Crippen LogP contribution in [0.25, 0.3) is 11.3 Å². The molecule has 0 spiro atoms. The van der Waals surface area contributed by atoms with E-state index in [9.17, 15) is 28.5 Å². The van der Waals surface area contributed by atoms with E-state index in [1.165, 1.54) is 12.1 Å². The summed E-state index contributed by atoms with van der Waals surface area (Å²) in [5, 5.41) is 29.8. The van der Waals surface area contributed by atoms with Gasteiger partial charge in [0.05, 0.1) is 5.56 Å². The van der Waals surface area contributed by atoms with Crippen molar-refractivity contribution in [3.8, 4) is 23.3 Å². The van der Waals surface area contributed by atoms with Crippen LogP contribution < -0.4 is 15.5 Å². The first-order valence-electron chi connectivity index (χ1n) is 13.7. The predicted octanol–water partition coefficient (Wildman–Crippen LogP) is 5.77. The first kappa shape index (κ1) is 27.9. The van der Waals surface area contributed by atoms with Gasteiger partial charge in [0.1, 0.15) is 29.0 Å². The Hall–Kier alpha value is -5.30. The van der Waals surface area contributed by atoms with Gasteiger partial charge in [-0.2, -0.15) is 23.5 Å². The number of carbonyl (C=O) groups is 1. The third kappa shape index (κ3) is 5.62. The van der Waals surface area contributed by atoms with Gasteiger partial charge in [-0.15, -0.1) is 0 Å². The highest BCUT2D eigenvalue weighted by Crippen LogP contribution is 2.36. The number of halogens is 3. The van der Waals surface area contributed by atoms with Gasteiger partial charge in [-0.25, -0.2) is 14.9 Å². The molecule has 1 fully saturated rings. The molecule has 0 radical (unpaired) electrons. The van der Waals surface area contributed by atoms with Gasteiger partial charge in [0.2, 0.25) is 0 Å². The van der Waals surface area contributed by atoms with E-state index in [1.807, 2.05) is 6.07 Å². The van der Waals surface area contributed by atoms with Crippen molar-refractivity contribution in [3.63, 3.8) is 0 Å². The number of hydrogen-bond acceptors (Lipinski definition) is 7. The number of anilines is 4. The minimum atomic E-state index is -4.55. The lowest BCUT2D eigenvalue weighted by atomic mass is 9.45. The van der Waals surface area contributed by atoms with Crippen molar-refractivity contribution in [2.75, 3.05) is 28.6 Å². The molecule has 43 heavy (non-hydrogen) atoms. The van der Waals surface area contributed by atoms with Gasteiger partial charge < -0.3 is 15.5 Å². The largest absolute Gasteiger partial charge is 0.416 e. The Kier molecular flexibility index (Phi) is 7.24. The highest BCUT2D eigenvalue weighted by atomic mass is 19.4. The molecule has 13 heteroatoms. The number of amides is 1. The highest BCUT2D eigenvalue weighted by Gasteiger charge is 2.31. The number of benzene rings is 2. The van der Waals surface area contributed by atoms with E-state index in [0.29, 0.717) is 35.6 Å².